The first-order valence-electron chi connectivity index (χ1n) is 7.02. The number of piperidine rings is 2. The fourth-order valence-electron chi connectivity index (χ4n) is 3.22. The van der Waals surface area contributed by atoms with Crippen LogP contribution in [0, 0.1) is 11.3 Å². The van der Waals surface area contributed by atoms with E-state index >= 15 is 0 Å². The first-order chi connectivity index (χ1) is 7.57. The summed E-state index contributed by atoms with van der Waals surface area (Å²) in [6.45, 7) is 12.4. The van der Waals surface area contributed by atoms with E-state index in [4.69, 9.17) is 0 Å². The Labute approximate surface area is 101 Å². The summed E-state index contributed by atoms with van der Waals surface area (Å²) in [4.78, 5) is 2.78. The Morgan fingerprint density at radius 1 is 1.06 bits per heavy atom. The van der Waals surface area contributed by atoms with Crippen LogP contribution in [0.5, 0.6) is 0 Å². The van der Waals surface area contributed by atoms with Gasteiger partial charge in [0, 0.05) is 12.6 Å². The highest BCUT2D eigenvalue weighted by atomic mass is 15.2. The summed E-state index contributed by atoms with van der Waals surface area (Å²) in [6.07, 6.45) is 5.56. The molecule has 0 aromatic rings. The lowest BCUT2D eigenvalue weighted by molar-refractivity contribution is 0.0570. The van der Waals surface area contributed by atoms with Crippen LogP contribution in [0.1, 0.15) is 46.5 Å². The fraction of sp³-hybridized carbons (Fsp3) is 1.00. The zero-order valence-electron chi connectivity index (χ0n) is 11.3. The Hall–Kier alpha value is -0.0800. The Bertz CT molecular complexity index is 213. The number of hydrogen-bond donors (Lipinski definition) is 1. The minimum atomic E-state index is 0.492. The van der Waals surface area contributed by atoms with Crippen LogP contribution in [-0.2, 0) is 0 Å². The van der Waals surface area contributed by atoms with Crippen molar-refractivity contribution in [2.24, 2.45) is 11.3 Å². The lowest BCUT2D eigenvalue weighted by Gasteiger charge is -2.44. The average Bonchev–Trinajstić information content (AvgIpc) is 2.29. The molecule has 2 rings (SSSR count). The molecule has 1 N–H and O–H groups in total. The van der Waals surface area contributed by atoms with Crippen molar-refractivity contribution in [3.8, 4) is 0 Å². The molecule has 0 amide bonds. The van der Waals surface area contributed by atoms with E-state index in [-0.39, 0.29) is 0 Å². The zero-order chi connectivity index (χ0) is 11.6. The molecule has 2 saturated heterocycles. The number of nitrogens with one attached hydrogen (secondary N) is 1. The van der Waals surface area contributed by atoms with Crippen molar-refractivity contribution in [2.45, 2.75) is 52.5 Å². The molecule has 0 aromatic heterocycles. The standard InChI is InChI=1S/C14H28N2/c1-14(2,3)12-5-4-10-16(11-12)13-6-8-15-9-7-13/h12-13,15H,4-11H2,1-3H3. The molecule has 2 nitrogen and oxygen atoms in total. The van der Waals surface area contributed by atoms with Crippen molar-refractivity contribution in [3.05, 3.63) is 0 Å². The number of hydrogen-bond acceptors (Lipinski definition) is 2. The third-order valence-corrected chi connectivity index (χ3v) is 4.50. The molecule has 0 aliphatic carbocycles. The van der Waals surface area contributed by atoms with Gasteiger partial charge in [-0.15, -0.1) is 0 Å². The Morgan fingerprint density at radius 3 is 2.38 bits per heavy atom. The van der Waals surface area contributed by atoms with Gasteiger partial charge in [0.1, 0.15) is 0 Å². The third-order valence-electron chi connectivity index (χ3n) is 4.50. The maximum atomic E-state index is 3.47. The van der Waals surface area contributed by atoms with Crippen LogP contribution in [0.2, 0.25) is 0 Å². The third kappa shape index (κ3) is 2.98. The smallest absolute Gasteiger partial charge is 0.0119 e. The molecule has 0 saturated carbocycles. The zero-order valence-corrected chi connectivity index (χ0v) is 11.3. The molecule has 0 spiro atoms. The summed E-state index contributed by atoms with van der Waals surface area (Å²) in [6, 6.07) is 0.867. The summed E-state index contributed by atoms with van der Waals surface area (Å²) in [5.74, 6) is 0.899. The molecule has 1 atom stereocenters. The van der Waals surface area contributed by atoms with Crippen molar-refractivity contribution in [1.29, 1.82) is 0 Å². The number of rotatable bonds is 1. The normalized spacial score (nSPS) is 30.6. The lowest BCUT2D eigenvalue weighted by Crippen LogP contribution is -2.49. The van der Waals surface area contributed by atoms with Gasteiger partial charge in [-0.25, -0.2) is 0 Å². The molecule has 2 heteroatoms. The first-order valence-corrected chi connectivity index (χ1v) is 7.02. The van der Waals surface area contributed by atoms with E-state index in [1.165, 1.54) is 51.9 Å². The van der Waals surface area contributed by atoms with Crippen molar-refractivity contribution in [2.75, 3.05) is 26.2 Å². The maximum Gasteiger partial charge on any atom is 0.0119 e. The minimum Gasteiger partial charge on any atom is -0.317 e. The molecular weight excluding hydrogens is 196 g/mol. The molecule has 2 aliphatic rings. The Kier molecular flexibility index (Phi) is 3.91. The predicted octanol–water partition coefficient (Wildman–Crippen LogP) is 2.50. The molecule has 0 aromatic carbocycles. The van der Waals surface area contributed by atoms with Gasteiger partial charge < -0.3 is 5.32 Å². The van der Waals surface area contributed by atoms with E-state index in [2.05, 4.69) is 31.0 Å². The van der Waals surface area contributed by atoms with Crippen LogP contribution >= 0.6 is 0 Å². The highest BCUT2D eigenvalue weighted by Crippen LogP contribution is 2.34. The predicted molar refractivity (Wildman–Crippen MR) is 69.6 cm³/mol. The summed E-state index contributed by atoms with van der Waals surface area (Å²) in [7, 11) is 0. The highest BCUT2D eigenvalue weighted by Gasteiger charge is 2.32. The number of nitrogens with zero attached hydrogens (tertiary/aromatic N) is 1. The van der Waals surface area contributed by atoms with E-state index in [1.807, 2.05) is 0 Å². The largest absolute Gasteiger partial charge is 0.317 e. The second kappa shape index (κ2) is 5.05. The summed E-state index contributed by atoms with van der Waals surface area (Å²) >= 11 is 0. The molecular formula is C14H28N2. The van der Waals surface area contributed by atoms with E-state index in [9.17, 15) is 0 Å². The average molecular weight is 224 g/mol. The Morgan fingerprint density at radius 2 is 1.75 bits per heavy atom. The van der Waals surface area contributed by atoms with E-state index in [0.717, 1.165) is 12.0 Å². The maximum absolute atomic E-state index is 3.47. The van der Waals surface area contributed by atoms with Crippen LogP contribution < -0.4 is 5.32 Å². The highest BCUT2D eigenvalue weighted by molar-refractivity contribution is 4.86. The van der Waals surface area contributed by atoms with Gasteiger partial charge in [0.25, 0.3) is 0 Å². The van der Waals surface area contributed by atoms with Gasteiger partial charge in [-0.2, -0.15) is 0 Å². The van der Waals surface area contributed by atoms with Gasteiger partial charge >= 0.3 is 0 Å². The topological polar surface area (TPSA) is 15.3 Å². The van der Waals surface area contributed by atoms with Crippen molar-refractivity contribution in [1.82, 2.24) is 10.2 Å². The SMILES string of the molecule is CC(C)(C)C1CCCN(C2CCNCC2)C1. The summed E-state index contributed by atoms with van der Waals surface area (Å²) < 4.78 is 0. The molecule has 2 aliphatic heterocycles. The van der Waals surface area contributed by atoms with E-state index in [1.54, 1.807) is 0 Å². The van der Waals surface area contributed by atoms with Crippen LogP contribution in [0.4, 0.5) is 0 Å². The van der Waals surface area contributed by atoms with Crippen LogP contribution in [0.25, 0.3) is 0 Å². The Balaban J connectivity index is 1.90. The van der Waals surface area contributed by atoms with Crippen molar-refractivity contribution < 1.29 is 0 Å². The molecule has 0 bridgehead atoms. The fourth-order valence-corrected chi connectivity index (χ4v) is 3.22. The molecule has 94 valence electrons. The monoisotopic (exact) mass is 224 g/mol. The van der Waals surface area contributed by atoms with E-state index in [0.29, 0.717) is 5.41 Å². The van der Waals surface area contributed by atoms with Crippen LogP contribution in [-0.4, -0.2) is 37.1 Å². The molecule has 2 fully saturated rings. The van der Waals surface area contributed by atoms with Gasteiger partial charge in [0.15, 0.2) is 0 Å². The molecule has 0 radical (unpaired) electrons. The summed E-state index contributed by atoms with van der Waals surface area (Å²) in [5.41, 5.74) is 0.492. The van der Waals surface area contributed by atoms with Gasteiger partial charge in [0.05, 0.1) is 0 Å². The molecule has 2 heterocycles. The van der Waals surface area contributed by atoms with Crippen molar-refractivity contribution >= 4 is 0 Å². The van der Waals surface area contributed by atoms with Crippen molar-refractivity contribution in [3.63, 3.8) is 0 Å². The lowest BCUT2D eigenvalue weighted by atomic mass is 9.76. The molecule has 16 heavy (non-hydrogen) atoms. The first kappa shape index (κ1) is 12.4. The van der Waals surface area contributed by atoms with Gasteiger partial charge in [0.2, 0.25) is 0 Å². The quantitative estimate of drug-likeness (QED) is 0.736. The summed E-state index contributed by atoms with van der Waals surface area (Å²) in [5, 5.41) is 3.47. The van der Waals surface area contributed by atoms with Gasteiger partial charge in [-0.05, 0) is 56.7 Å². The minimum absolute atomic E-state index is 0.492. The number of likely N-dealkylation sites (tertiary alicyclic amines) is 1. The van der Waals surface area contributed by atoms with Crippen LogP contribution in [0.15, 0.2) is 0 Å². The second-order valence-corrected chi connectivity index (χ2v) is 6.68. The second-order valence-electron chi connectivity index (χ2n) is 6.68. The van der Waals surface area contributed by atoms with E-state index < -0.39 is 0 Å². The molecule has 1 unspecified atom stereocenters. The van der Waals surface area contributed by atoms with Crippen LogP contribution in [0.3, 0.4) is 0 Å². The van der Waals surface area contributed by atoms with Gasteiger partial charge in [-0.1, -0.05) is 20.8 Å². The van der Waals surface area contributed by atoms with Gasteiger partial charge in [-0.3, -0.25) is 4.90 Å².